The van der Waals surface area contributed by atoms with E-state index in [1.807, 2.05) is 19.1 Å². The first-order valence-corrected chi connectivity index (χ1v) is 11.4. The van der Waals surface area contributed by atoms with Crippen LogP contribution in [0.3, 0.4) is 0 Å². The molecule has 0 radical (unpaired) electrons. The van der Waals surface area contributed by atoms with Crippen molar-refractivity contribution in [3.8, 4) is 0 Å². The third-order valence-corrected chi connectivity index (χ3v) is 6.80. The highest BCUT2D eigenvalue weighted by atomic mass is 79.9. The van der Waals surface area contributed by atoms with Gasteiger partial charge in [0.25, 0.3) is 0 Å². The summed E-state index contributed by atoms with van der Waals surface area (Å²) in [6.07, 6.45) is 4.54. The number of thiophene rings is 2. The Morgan fingerprint density at radius 3 is 1.88 bits per heavy atom. The molecule has 2 nitrogen and oxygen atoms in total. The standard InChI is InChI=1S/C17H23NOS2.C2H5Br/c1-18(2)14-9-7-13(8-10-14)17(19,15-5-3-11-20-15)16-6-4-12-21-16;1-2-3/h3-6,11-14,19H,7-10H2,1-2H3;2H2,1H3. The van der Waals surface area contributed by atoms with Gasteiger partial charge in [-0.3, -0.25) is 0 Å². The lowest BCUT2D eigenvalue weighted by molar-refractivity contribution is -0.00435. The molecule has 3 rings (SSSR count). The van der Waals surface area contributed by atoms with Gasteiger partial charge in [0.2, 0.25) is 0 Å². The van der Waals surface area contributed by atoms with Gasteiger partial charge in [0.05, 0.1) is 0 Å². The van der Waals surface area contributed by atoms with Gasteiger partial charge < -0.3 is 10.0 Å². The van der Waals surface area contributed by atoms with E-state index in [2.05, 4.69) is 57.8 Å². The first kappa shape index (κ1) is 20.1. The third kappa shape index (κ3) is 4.50. The second kappa shape index (κ2) is 9.48. The summed E-state index contributed by atoms with van der Waals surface area (Å²) in [5, 5.41) is 16.8. The number of nitrogens with zero attached hydrogens (tertiary/aromatic N) is 1. The third-order valence-electron chi connectivity index (χ3n) is 4.81. The average molecular weight is 430 g/mol. The number of rotatable bonds is 4. The molecule has 0 unspecified atom stereocenters. The molecule has 1 saturated carbocycles. The predicted octanol–water partition coefficient (Wildman–Crippen LogP) is 5.57. The summed E-state index contributed by atoms with van der Waals surface area (Å²) in [5.41, 5.74) is -0.792. The van der Waals surface area contributed by atoms with E-state index in [1.165, 1.54) is 12.8 Å². The van der Waals surface area contributed by atoms with E-state index in [0.717, 1.165) is 27.9 Å². The van der Waals surface area contributed by atoms with E-state index in [1.54, 1.807) is 22.7 Å². The smallest absolute Gasteiger partial charge is 0.136 e. The molecule has 0 aromatic carbocycles. The van der Waals surface area contributed by atoms with Crippen molar-refractivity contribution in [2.24, 2.45) is 5.92 Å². The fraction of sp³-hybridized carbons (Fsp3) is 0.579. The van der Waals surface area contributed by atoms with Crippen LogP contribution in [-0.2, 0) is 5.60 Å². The quantitative estimate of drug-likeness (QED) is 0.642. The minimum absolute atomic E-state index is 0.325. The molecule has 1 aliphatic carbocycles. The van der Waals surface area contributed by atoms with Gasteiger partial charge in [-0.05, 0) is 68.6 Å². The maximum Gasteiger partial charge on any atom is 0.136 e. The van der Waals surface area contributed by atoms with E-state index in [-0.39, 0.29) is 0 Å². The van der Waals surface area contributed by atoms with Crippen molar-refractivity contribution in [3.63, 3.8) is 0 Å². The van der Waals surface area contributed by atoms with E-state index < -0.39 is 5.60 Å². The Labute approximate surface area is 162 Å². The van der Waals surface area contributed by atoms with Crippen LogP contribution < -0.4 is 0 Å². The highest BCUT2D eigenvalue weighted by Gasteiger charge is 2.43. The van der Waals surface area contributed by atoms with E-state index in [4.69, 9.17) is 0 Å². The number of alkyl halides is 1. The zero-order valence-corrected chi connectivity index (χ0v) is 18.0. The lowest BCUT2D eigenvalue weighted by Gasteiger charge is -2.41. The number of hydrogen-bond acceptors (Lipinski definition) is 4. The molecule has 0 aliphatic heterocycles. The van der Waals surface area contributed by atoms with Crippen molar-refractivity contribution in [1.82, 2.24) is 4.90 Å². The molecule has 1 aliphatic rings. The number of hydrogen-bond donors (Lipinski definition) is 1. The highest BCUT2D eigenvalue weighted by molar-refractivity contribution is 9.09. The topological polar surface area (TPSA) is 23.5 Å². The molecule has 5 heteroatoms. The monoisotopic (exact) mass is 429 g/mol. The lowest BCUT2D eigenvalue weighted by Crippen LogP contribution is -2.41. The molecule has 1 fully saturated rings. The summed E-state index contributed by atoms with van der Waals surface area (Å²) in [6.45, 7) is 2.04. The Morgan fingerprint density at radius 1 is 1.08 bits per heavy atom. The first-order valence-electron chi connectivity index (χ1n) is 8.56. The summed E-state index contributed by atoms with van der Waals surface area (Å²) < 4.78 is 0. The zero-order valence-electron chi connectivity index (χ0n) is 14.7. The molecule has 134 valence electrons. The van der Waals surface area contributed by atoms with Crippen LogP contribution in [-0.4, -0.2) is 35.5 Å². The maximum absolute atomic E-state index is 11.6. The Bertz CT molecular complexity index is 526. The summed E-state index contributed by atoms with van der Waals surface area (Å²) in [6, 6.07) is 8.93. The Balaban J connectivity index is 0.000000647. The van der Waals surface area contributed by atoms with Gasteiger partial charge in [-0.2, -0.15) is 0 Å². The minimum Gasteiger partial charge on any atom is -0.378 e. The number of aliphatic hydroxyl groups is 1. The van der Waals surface area contributed by atoms with Crippen molar-refractivity contribution >= 4 is 38.6 Å². The molecule has 24 heavy (non-hydrogen) atoms. The van der Waals surface area contributed by atoms with Crippen LogP contribution in [0.4, 0.5) is 0 Å². The van der Waals surface area contributed by atoms with Crippen LogP contribution in [0.5, 0.6) is 0 Å². The lowest BCUT2D eigenvalue weighted by atomic mass is 9.73. The normalized spacial score (nSPS) is 21.4. The SMILES string of the molecule is CCBr.CN(C)C1CCC(C(O)(c2cccs2)c2cccs2)CC1. The molecule has 0 spiro atoms. The predicted molar refractivity (Wildman–Crippen MR) is 111 cm³/mol. The first-order chi connectivity index (χ1) is 11.5. The van der Waals surface area contributed by atoms with E-state index >= 15 is 0 Å². The molecule has 0 amide bonds. The highest BCUT2D eigenvalue weighted by Crippen LogP contribution is 2.47. The van der Waals surface area contributed by atoms with Gasteiger partial charge >= 0.3 is 0 Å². The fourth-order valence-corrected chi connectivity index (χ4v) is 5.42. The molecule has 0 atom stereocenters. The van der Waals surface area contributed by atoms with E-state index in [0.29, 0.717) is 12.0 Å². The molecule has 0 saturated heterocycles. The van der Waals surface area contributed by atoms with Gasteiger partial charge in [0.15, 0.2) is 0 Å². The summed E-state index contributed by atoms with van der Waals surface area (Å²) in [5.74, 6) is 0.325. The van der Waals surface area contributed by atoms with Crippen LogP contribution in [0, 0.1) is 5.92 Å². The second-order valence-corrected chi connectivity index (χ2v) is 9.47. The minimum atomic E-state index is -0.792. The average Bonchev–Trinajstić information content (AvgIpc) is 3.28. The van der Waals surface area contributed by atoms with Crippen LogP contribution in [0.25, 0.3) is 0 Å². The second-order valence-electron chi connectivity index (χ2n) is 6.46. The molecule has 1 N–H and O–H groups in total. The van der Waals surface area contributed by atoms with Gasteiger partial charge in [-0.1, -0.05) is 35.0 Å². The Kier molecular flexibility index (Phi) is 7.95. The zero-order chi connectivity index (χ0) is 17.6. The maximum atomic E-state index is 11.6. The van der Waals surface area contributed by atoms with Gasteiger partial charge in [0.1, 0.15) is 5.60 Å². The van der Waals surface area contributed by atoms with Crippen molar-refractivity contribution in [2.75, 3.05) is 19.4 Å². The van der Waals surface area contributed by atoms with E-state index in [9.17, 15) is 5.11 Å². The van der Waals surface area contributed by atoms with Crippen LogP contribution in [0.2, 0.25) is 0 Å². The summed E-state index contributed by atoms with van der Waals surface area (Å²) in [4.78, 5) is 4.52. The van der Waals surface area contributed by atoms with Crippen molar-refractivity contribution in [3.05, 3.63) is 44.8 Å². The largest absolute Gasteiger partial charge is 0.378 e. The molecule has 2 heterocycles. The molecular formula is C19H28BrNOS2. The van der Waals surface area contributed by atoms with Gasteiger partial charge in [0, 0.05) is 21.1 Å². The van der Waals surface area contributed by atoms with Crippen LogP contribution in [0.1, 0.15) is 42.4 Å². The molecule has 0 bridgehead atoms. The van der Waals surface area contributed by atoms with Gasteiger partial charge in [-0.15, -0.1) is 22.7 Å². The van der Waals surface area contributed by atoms with Crippen molar-refractivity contribution in [2.45, 2.75) is 44.2 Å². The van der Waals surface area contributed by atoms with Crippen molar-refractivity contribution < 1.29 is 5.11 Å². The van der Waals surface area contributed by atoms with Crippen LogP contribution in [0.15, 0.2) is 35.0 Å². The number of halogens is 1. The summed E-state index contributed by atoms with van der Waals surface area (Å²) >= 11 is 6.50. The fourth-order valence-electron chi connectivity index (χ4n) is 3.52. The summed E-state index contributed by atoms with van der Waals surface area (Å²) in [7, 11) is 4.32. The van der Waals surface area contributed by atoms with Crippen LogP contribution >= 0.6 is 38.6 Å². The van der Waals surface area contributed by atoms with Gasteiger partial charge in [-0.25, -0.2) is 0 Å². The molecule has 2 aromatic heterocycles. The Morgan fingerprint density at radius 2 is 1.54 bits per heavy atom. The Hall–Kier alpha value is -0.200. The molecule has 2 aromatic rings. The molecular weight excluding hydrogens is 402 g/mol. The van der Waals surface area contributed by atoms with Crippen molar-refractivity contribution in [1.29, 1.82) is 0 Å².